The first kappa shape index (κ1) is 16.4. The van der Waals surface area contributed by atoms with Crippen molar-refractivity contribution < 1.29 is 13.2 Å². The number of carbonyl (C=O) groups excluding carboxylic acids is 1. The van der Waals surface area contributed by atoms with Gasteiger partial charge < -0.3 is 4.90 Å². The molecule has 0 N–H and O–H groups in total. The molecular formula is C11H18BrN5O3S. The summed E-state index contributed by atoms with van der Waals surface area (Å²) in [5, 5.41) is 7.46. The van der Waals surface area contributed by atoms with E-state index >= 15 is 0 Å². The van der Waals surface area contributed by atoms with Gasteiger partial charge in [0.05, 0.1) is 0 Å². The molecule has 0 unspecified atom stereocenters. The van der Waals surface area contributed by atoms with Gasteiger partial charge in [-0.3, -0.25) is 4.79 Å². The smallest absolute Gasteiger partial charge is 0.263 e. The molecular weight excluding hydrogens is 362 g/mol. The molecule has 118 valence electrons. The van der Waals surface area contributed by atoms with Gasteiger partial charge in [0.25, 0.3) is 10.0 Å². The lowest BCUT2D eigenvalue weighted by Crippen LogP contribution is -2.37. The van der Waals surface area contributed by atoms with Crippen molar-refractivity contribution in [2.45, 2.75) is 24.8 Å². The fourth-order valence-corrected chi connectivity index (χ4v) is 4.83. The Morgan fingerprint density at radius 1 is 1.29 bits per heavy atom. The SMILES string of the molecule is CCC(=O)N1CCCN(S(=O)(=O)c2c(Br)nnn2C)CC1. The third-order valence-corrected chi connectivity index (χ3v) is 6.22. The minimum atomic E-state index is -3.67. The molecule has 21 heavy (non-hydrogen) atoms. The number of rotatable bonds is 3. The van der Waals surface area contributed by atoms with Gasteiger partial charge in [0, 0.05) is 39.6 Å². The van der Waals surface area contributed by atoms with Crippen LogP contribution >= 0.6 is 15.9 Å². The Balaban J connectivity index is 2.21. The van der Waals surface area contributed by atoms with Gasteiger partial charge in [-0.2, -0.15) is 4.31 Å². The maximum Gasteiger partial charge on any atom is 0.263 e. The van der Waals surface area contributed by atoms with E-state index in [4.69, 9.17) is 0 Å². The first-order valence-electron chi connectivity index (χ1n) is 6.71. The Kier molecular flexibility index (Phi) is 4.99. The fraction of sp³-hybridized carbons (Fsp3) is 0.727. The normalized spacial score (nSPS) is 17.8. The van der Waals surface area contributed by atoms with Crippen LogP contribution in [0.4, 0.5) is 0 Å². The van der Waals surface area contributed by atoms with Crippen LogP contribution in [0.25, 0.3) is 0 Å². The van der Waals surface area contributed by atoms with Gasteiger partial charge >= 0.3 is 0 Å². The Labute approximate surface area is 132 Å². The van der Waals surface area contributed by atoms with E-state index in [2.05, 4.69) is 26.2 Å². The number of sulfonamides is 1. The summed E-state index contributed by atoms with van der Waals surface area (Å²) < 4.78 is 28.2. The van der Waals surface area contributed by atoms with Gasteiger partial charge in [0.15, 0.2) is 4.60 Å². The van der Waals surface area contributed by atoms with Crippen LogP contribution in [-0.2, 0) is 21.9 Å². The van der Waals surface area contributed by atoms with E-state index in [9.17, 15) is 13.2 Å². The van der Waals surface area contributed by atoms with Crippen molar-refractivity contribution in [2.75, 3.05) is 26.2 Å². The van der Waals surface area contributed by atoms with Crippen molar-refractivity contribution in [2.24, 2.45) is 7.05 Å². The van der Waals surface area contributed by atoms with Crippen molar-refractivity contribution in [1.82, 2.24) is 24.2 Å². The summed E-state index contributed by atoms with van der Waals surface area (Å²) >= 11 is 3.12. The number of hydrogen-bond donors (Lipinski definition) is 0. The molecule has 1 aromatic heterocycles. The fourth-order valence-electron chi connectivity index (χ4n) is 2.33. The first-order chi connectivity index (χ1) is 9.87. The third-order valence-electron chi connectivity index (χ3n) is 3.43. The maximum absolute atomic E-state index is 12.7. The summed E-state index contributed by atoms with van der Waals surface area (Å²) in [5.41, 5.74) is 0. The number of hydrogen-bond acceptors (Lipinski definition) is 5. The van der Waals surface area contributed by atoms with E-state index in [1.807, 2.05) is 0 Å². The van der Waals surface area contributed by atoms with Crippen LogP contribution in [-0.4, -0.2) is 64.7 Å². The Morgan fingerprint density at radius 2 is 2.00 bits per heavy atom. The molecule has 0 bridgehead atoms. The lowest BCUT2D eigenvalue weighted by molar-refractivity contribution is -0.130. The van der Waals surface area contributed by atoms with E-state index in [0.717, 1.165) is 0 Å². The van der Waals surface area contributed by atoms with Gasteiger partial charge in [-0.15, -0.1) is 5.10 Å². The van der Waals surface area contributed by atoms with Gasteiger partial charge in [-0.05, 0) is 22.4 Å². The topological polar surface area (TPSA) is 88.4 Å². The zero-order valence-electron chi connectivity index (χ0n) is 12.0. The summed E-state index contributed by atoms with van der Waals surface area (Å²) in [6.07, 6.45) is 1.05. The highest BCUT2D eigenvalue weighted by atomic mass is 79.9. The van der Waals surface area contributed by atoms with Crippen molar-refractivity contribution >= 4 is 31.9 Å². The molecule has 1 fully saturated rings. The molecule has 0 aromatic carbocycles. The van der Waals surface area contributed by atoms with E-state index < -0.39 is 10.0 Å². The summed E-state index contributed by atoms with van der Waals surface area (Å²) in [4.78, 5) is 13.5. The Hall–Kier alpha value is -1.00. The average Bonchev–Trinajstić information content (AvgIpc) is 2.68. The zero-order valence-corrected chi connectivity index (χ0v) is 14.4. The highest BCUT2D eigenvalue weighted by Crippen LogP contribution is 2.23. The summed E-state index contributed by atoms with van der Waals surface area (Å²) in [6.45, 7) is 3.47. The molecule has 1 aliphatic rings. The number of amides is 1. The Morgan fingerprint density at radius 3 is 2.57 bits per heavy atom. The molecule has 1 aliphatic heterocycles. The molecule has 1 saturated heterocycles. The second-order valence-corrected chi connectivity index (χ2v) is 7.41. The predicted molar refractivity (Wildman–Crippen MR) is 78.9 cm³/mol. The van der Waals surface area contributed by atoms with Crippen molar-refractivity contribution in [3.63, 3.8) is 0 Å². The number of aromatic nitrogens is 3. The molecule has 8 nitrogen and oxygen atoms in total. The van der Waals surface area contributed by atoms with E-state index in [1.165, 1.54) is 16.0 Å². The second-order valence-electron chi connectivity index (χ2n) is 4.80. The molecule has 0 radical (unpaired) electrons. The molecule has 1 aromatic rings. The summed E-state index contributed by atoms with van der Waals surface area (Å²) in [5.74, 6) is 0.0534. The van der Waals surface area contributed by atoms with Gasteiger partial charge in [0.1, 0.15) is 0 Å². The quantitative estimate of drug-likeness (QED) is 0.748. The van der Waals surface area contributed by atoms with Crippen molar-refractivity contribution in [3.05, 3.63) is 4.60 Å². The zero-order chi connectivity index (χ0) is 15.6. The minimum absolute atomic E-state index is 0.0396. The average molecular weight is 380 g/mol. The predicted octanol–water partition coefficient (Wildman–Crippen LogP) is 0.211. The second kappa shape index (κ2) is 6.41. The van der Waals surface area contributed by atoms with Crippen LogP contribution in [0, 0.1) is 0 Å². The van der Waals surface area contributed by atoms with Gasteiger partial charge in [-0.25, -0.2) is 13.1 Å². The number of halogens is 1. The number of nitrogens with zero attached hydrogens (tertiary/aromatic N) is 5. The third kappa shape index (κ3) is 3.27. The molecule has 10 heteroatoms. The van der Waals surface area contributed by atoms with Gasteiger partial charge in [-0.1, -0.05) is 12.1 Å². The molecule has 0 atom stereocenters. The largest absolute Gasteiger partial charge is 0.341 e. The van der Waals surface area contributed by atoms with Crippen LogP contribution < -0.4 is 0 Å². The lowest BCUT2D eigenvalue weighted by atomic mass is 10.3. The van der Waals surface area contributed by atoms with E-state index in [0.29, 0.717) is 32.5 Å². The van der Waals surface area contributed by atoms with E-state index in [-0.39, 0.29) is 22.1 Å². The maximum atomic E-state index is 12.7. The van der Waals surface area contributed by atoms with Crippen LogP contribution in [0.15, 0.2) is 9.63 Å². The first-order valence-corrected chi connectivity index (χ1v) is 8.94. The summed E-state index contributed by atoms with van der Waals surface area (Å²) in [6, 6.07) is 0. The monoisotopic (exact) mass is 379 g/mol. The Bertz CT molecular complexity index is 610. The molecule has 2 heterocycles. The van der Waals surface area contributed by atoms with Crippen molar-refractivity contribution in [3.8, 4) is 0 Å². The van der Waals surface area contributed by atoms with Crippen LogP contribution in [0.5, 0.6) is 0 Å². The van der Waals surface area contributed by atoms with Crippen LogP contribution in [0.3, 0.4) is 0 Å². The molecule has 2 rings (SSSR count). The highest BCUT2D eigenvalue weighted by molar-refractivity contribution is 9.10. The summed E-state index contributed by atoms with van der Waals surface area (Å²) in [7, 11) is -2.14. The van der Waals surface area contributed by atoms with E-state index in [1.54, 1.807) is 11.8 Å². The van der Waals surface area contributed by atoms with Crippen molar-refractivity contribution in [1.29, 1.82) is 0 Å². The van der Waals surface area contributed by atoms with Gasteiger partial charge in [0.2, 0.25) is 10.9 Å². The molecule has 1 amide bonds. The van der Waals surface area contributed by atoms with Crippen LogP contribution in [0.2, 0.25) is 0 Å². The minimum Gasteiger partial charge on any atom is -0.341 e. The molecule has 0 spiro atoms. The molecule has 0 saturated carbocycles. The number of aryl methyl sites for hydroxylation is 1. The molecule has 0 aliphatic carbocycles. The van der Waals surface area contributed by atoms with Crippen LogP contribution in [0.1, 0.15) is 19.8 Å². The lowest BCUT2D eigenvalue weighted by Gasteiger charge is -2.21. The highest BCUT2D eigenvalue weighted by Gasteiger charge is 2.32. The number of carbonyl (C=O) groups is 1. The standard InChI is InChI=1S/C11H18BrN5O3S/c1-3-9(18)16-5-4-6-17(8-7-16)21(19,20)11-10(12)13-14-15(11)2/h3-8H2,1-2H3.